The van der Waals surface area contributed by atoms with E-state index < -0.39 is 15.6 Å². The molecule has 0 bridgehead atoms. The molecule has 0 radical (unpaired) electrons. The molecule has 4 rings (SSSR count). The van der Waals surface area contributed by atoms with Gasteiger partial charge in [-0.2, -0.15) is 14.4 Å². The van der Waals surface area contributed by atoms with Crippen molar-refractivity contribution >= 4 is 45.1 Å². The van der Waals surface area contributed by atoms with Crippen molar-refractivity contribution in [1.29, 1.82) is 0 Å². The van der Waals surface area contributed by atoms with Gasteiger partial charge < -0.3 is 20.7 Å². The van der Waals surface area contributed by atoms with Crippen molar-refractivity contribution in [3.63, 3.8) is 0 Å². The van der Waals surface area contributed by atoms with Gasteiger partial charge in [-0.1, -0.05) is 0 Å². The second-order valence-corrected chi connectivity index (χ2v) is 14.2. The SMILES string of the molecule is Cc1cn(/C(N)=N\C(=S)Nc2ccc(S(=O)(=O)N3CCC(CN4CCN(C(=O)OC(C)(C)C)CC4)CC3)cc2)nc1C. The molecule has 14 heteroatoms. The van der Waals surface area contributed by atoms with Crippen molar-refractivity contribution < 1.29 is 17.9 Å². The first-order valence-electron chi connectivity index (χ1n) is 14.2. The van der Waals surface area contributed by atoms with Gasteiger partial charge in [0.15, 0.2) is 0 Å². The number of hydrogen-bond donors (Lipinski definition) is 2. The Bertz CT molecular complexity index is 1380. The third kappa shape index (κ3) is 8.27. The second-order valence-electron chi connectivity index (χ2n) is 11.9. The first-order valence-corrected chi connectivity index (χ1v) is 16.0. The van der Waals surface area contributed by atoms with Crippen molar-refractivity contribution in [2.45, 2.75) is 58.0 Å². The fourth-order valence-electron chi connectivity index (χ4n) is 4.97. The topological polar surface area (TPSA) is 138 Å². The van der Waals surface area contributed by atoms with Crippen molar-refractivity contribution in [2.24, 2.45) is 16.6 Å². The van der Waals surface area contributed by atoms with Gasteiger partial charge in [0.25, 0.3) is 0 Å². The van der Waals surface area contributed by atoms with Crippen LogP contribution in [0.1, 0.15) is 44.9 Å². The summed E-state index contributed by atoms with van der Waals surface area (Å²) in [6.45, 7) is 14.2. The van der Waals surface area contributed by atoms with E-state index >= 15 is 0 Å². The molecule has 0 saturated carbocycles. The quantitative estimate of drug-likeness (QED) is 0.294. The first kappa shape index (κ1) is 31.9. The molecule has 3 heterocycles. The third-order valence-corrected chi connectivity index (χ3v) is 9.56. The fraction of sp³-hybridized carbons (Fsp3) is 0.571. The van der Waals surface area contributed by atoms with E-state index in [-0.39, 0.29) is 22.1 Å². The van der Waals surface area contributed by atoms with Gasteiger partial charge in [-0.15, -0.1) is 0 Å². The number of rotatable bonds is 5. The Hall–Kier alpha value is -3.07. The number of aliphatic imine (C=N–C) groups is 1. The van der Waals surface area contributed by atoms with Crippen LogP contribution in [-0.2, 0) is 14.8 Å². The van der Waals surface area contributed by atoms with Crippen molar-refractivity contribution in [2.75, 3.05) is 51.1 Å². The predicted molar refractivity (Wildman–Crippen MR) is 167 cm³/mol. The summed E-state index contributed by atoms with van der Waals surface area (Å²) < 4.78 is 35.2. The van der Waals surface area contributed by atoms with Gasteiger partial charge >= 0.3 is 6.09 Å². The van der Waals surface area contributed by atoms with E-state index in [0.29, 0.717) is 37.8 Å². The van der Waals surface area contributed by atoms with Crippen LogP contribution in [0.4, 0.5) is 10.5 Å². The summed E-state index contributed by atoms with van der Waals surface area (Å²) in [4.78, 5) is 20.9. The molecule has 2 fully saturated rings. The lowest BCUT2D eigenvalue weighted by molar-refractivity contribution is 0.0127. The maximum Gasteiger partial charge on any atom is 0.410 e. The van der Waals surface area contributed by atoms with E-state index in [1.807, 2.05) is 34.6 Å². The molecule has 12 nitrogen and oxygen atoms in total. The van der Waals surface area contributed by atoms with Gasteiger partial charge in [-0.3, -0.25) is 4.90 Å². The van der Waals surface area contributed by atoms with E-state index in [1.165, 1.54) is 4.68 Å². The number of ether oxygens (including phenoxy) is 1. The summed E-state index contributed by atoms with van der Waals surface area (Å²) in [5, 5.41) is 7.40. The monoisotopic (exact) mass is 618 g/mol. The Morgan fingerprint density at radius 3 is 2.26 bits per heavy atom. The van der Waals surface area contributed by atoms with Gasteiger partial charge in [-0.05, 0) is 95.4 Å². The van der Waals surface area contributed by atoms with Gasteiger partial charge in [0.1, 0.15) is 5.60 Å². The molecule has 1 amide bonds. The number of piperidine rings is 1. The van der Waals surface area contributed by atoms with Crippen molar-refractivity contribution in [3.8, 4) is 0 Å². The number of hydrogen-bond acceptors (Lipinski definition) is 7. The van der Waals surface area contributed by atoms with Crippen LogP contribution < -0.4 is 11.1 Å². The fourth-order valence-corrected chi connectivity index (χ4v) is 6.65. The molecule has 2 aromatic rings. The molecular weight excluding hydrogens is 576 g/mol. The minimum absolute atomic E-state index is 0.134. The van der Waals surface area contributed by atoms with Crippen LogP contribution in [0.5, 0.6) is 0 Å². The molecular formula is C28H42N8O4S2. The molecule has 0 aliphatic carbocycles. The van der Waals surface area contributed by atoms with Crippen LogP contribution in [0.25, 0.3) is 0 Å². The highest BCUT2D eigenvalue weighted by Gasteiger charge is 2.31. The highest BCUT2D eigenvalue weighted by atomic mass is 32.2. The number of carbonyl (C=O) groups is 1. The maximum atomic E-state index is 13.3. The zero-order chi connectivity index (χ0) is 30.7. The minimum Gasteiger partial charge on any atom is -0.444 e. The lowest BCUT2D eigenvalue weighted by Crippen LogP contribution is -2.51. The number of piperazine rings is 1. The number of anilines is 1. The van der Waals surface area contributed by atoms with E-state index in [4.69, 9.17) is 22.7 Å². The highest BCUT2D eigenvalue weighted by molar-refractivity contribution is 7.89. The van der Waals surface area contributed by atoms with Crippen LogP contribution in [0, 0.1) is 19.8 Å². The number of carbonyl (C=O) groups excluding carboxylic acids is 1. The number of amides is 1. The van der Waals surface area contributed by atoms with Crippen molar-refractivity contribution in [1.82, 2.24) is 23.9 Å². The molecule has 2 aliphatic rings. The molecule has 0 spiro atoms. The summed E-state index contributed by atoms with van der Waals surface area (Å²) in [6, 6.07) is 6.47. The van der Waals surface area contributed by atoms with Crippen LogP contribution in [0.2, 0.25) is 0 Å². The summed E-state index contributed by atoms with van der Waals surface area (Å²) >= 11 is 5.29. The number of nitrogens with zero attached hydrogens (tertiary/aromatic N) is 6. The smallest absolute Gasteiger partial charge is 0.410 e. The maximum absolute atomic E-state index is 13.3. The molecule has 0 unspecified atom stereocenters. The Labute approximate surface area is 253 Å². The number of sulfonamides is 1. The summed E-state index contributed by atoms with van der Waals surface area (Å²) in [5.74, 6) is 0.550. The summed E-state index contributed by atoms with van der Waals surface area (Å²) in [7, 11) is -3.61. The van der Waals surface area contributed by atoms with Crippen LogP contribution >= 0.6 is 12.2 Å². The Morgan fingerprint density at radius 2 is 1.71 bits per heavy atom. The minimum atomic E-state index is -3.61. The zero-order valence-corrected chi connectivity index (χ0v) is 26.7. The second kappa shape index (κ2) is 13.1. The number of nitrogens with one attached hydrogen (secondary N) is 1. The molecule has 42 heavy (non-hydrogen) atoms. The number of aryl methyl sites for hydroxylation is 2. The highest BCUT2D eigenvalue weighted by Crippen LogP contribution is 2.26. The predicted octanol–water partition coefficient (Wildman–Crippen LogP) is 3.01. The lowest BCUT2D eigenvalue weighted by Gasteiger charge is -2.38. The number of aromatic nitrogens is 2. The molecule has 230 valence electrons. The van der Waals surface area contributed by atoms with Gasteiger partial charge in [-0.25, -0.2) is 17.9 Å². The van der Waals surface area contributed by atoms with Crippen LogP contribution in [-0.4, -0.2) is 101 Å². The summed E-state index contributed by atoms with van der Waals surface area (Å²) in [5.41, 5.74) is 7.95. The van der Waals surface area contributed by atoms with Gasteiger partial charge in [0.05, 0.1) is 10.6 Å². The summed E-state index contributed by atoms with van der Waals surface area (Å²) in [6.07, 6.45) is 3.11. The largest absolute Gasteiger partial charge is 0.444 e. The average molecular weight is 619 g/mol. The molecule has 0 atom stereocenters. The van der Waals surface area contributed by atoms with Crippen molar-refractivity contribution in [3.05, 3.63) is 41.7 Å². The zero-order valence-electron chi connectivity index (χ0n) is 25.0. The van der Waals surface area contributed by atoms with E-state index in [2.05, 4.69) is 20.3 Å². The Balaban J connectivity index is 1.24. The number of thiocarbonyl (C=S) groups is 1. The first-order chi connectivity index (χ1) is 19.7. The lowest BCUT2D eigenvalue weighted by atomic mass is 9.97. The molecule has 1 aromatic carbocycles. The van der Waals surface area contributed by atoms with Crippen LogP contribution in [0.15, 0.2) is 40.4 Å². The van der Waals surface area contributed by atoms with Gasteiger partial charge in [0, 0.05) is 57.7 Å². The Kier molecular flexibility index (Phi) is 9.91. The van der Waals surface area contributed by atoms with Gasteiger partial charge in [0.2, 0.25) is 21.1 Å². The normalized spacial score (nSPS) is 18.2. The number of benzene rings is 1. The molecule has 2 saturated heterocycles. The average Bonchev–Trinajstić information content (AvgIpc) is 3.26. The third-order valence-electron chi connectivity index (χ3n) is 7.45. The molecule has 3 N–H and O–H groups in total. The van der Waals surface area contributed by atoms with Crippen LogP contribution in [0.3, 0.4) is 0 Å². The number of nitrogens with two attached hydrogens (primary N) is 1. The Morgan fingerprint density at radius 1 is 1.10 bits per heavy atom. The standard InChI is InChI=1S/C28H42N8O4S2/c1-20-18-36(32-21(20)2)25(29)31-26(41)30-23-6-8-24(9-7-23)42(38,39)35-12-10-22(11-13-35)19-33-14-16-34(17-15-33)27(37)40-28(3,4)5/h6-9,18,22H,10-17,19H2,1-5H3,(H3,29,30,31,41). The van der Waals surface area contributed by atoms with E-state index in [0.717, 1.165) is 43.7 Å². The molecule has 1 aromatic heterocycles. The van der Waals surface area contributed by atoms with E-state index in [9.17, 15) is 13.2 Å². The molecule has 2 aliphatic heterocycles. The van der Waals surface area contributed by atoms with E-state index in [1.54, 1.807) is 39.7 Å².